The van der Waals surface area contributed by atoms with Gasteiger partial charge in [0.15, 0.2) is 0 Å². The van der Waals surface area contributed by atoms with Gasteiger partial charge in [-0.05, 0) is 31.1 Å². The van der Waals surface area contributed by atoms with E-state index < -0.39 is 0 Å². The molecule has 0 amide bonds. The molecule has 0 spiro atoms. The van der Waals surface area contributed by atoms with Gasteiger partial charge >= 0.3 is 0 Å². The van der Waals surface area contributed by atoms with Crippen molar-refractivity contribution in [3.8, 4) is 0 Å². The largest absolute Gasteiger partial charge is 0.411 e. The number of rotatable bonds is 2. The summed E-state index contributed by atoms with van der Waals surface area (Å²) in [5.74, 6) is 2.51. The van der Waals surface area contributed by atoms with Crippen LogP contribution in [0.1, 0.15) is 19.3 Å². The van der Waals surface area contributed by atoms with Crippen LogP contribution in [0.25, 0.3) is 0 Å². The van der Waals surface area contributed by atoms with Crippen molar-refractivity contribution >= 4 is 6.21 Å². The molecule has 2 aliphatic rings. The highest BCUT2D eigenvalue weighted by Crippen LogP contribution is 2.53. The Bertz CT molecular complexity index is 140. The number of nitrogens with zero attached hydrogens (tertiary/aromatic N) is 1. The van der Waals surface area contributed by atoms with Gasteiger partial charge < -0.3 is 5.21 Å². The topological polar surface area (TPSA) is 32.6 Å². The van der Waals surface area contributed by atoms with E-state index in [1.54, 1.807) is 6.21 Å². The average molecular weight is 125 g/mol. The second kappa shape index (κ2) is 1.72. The normalized spacial score (nSPS) is 41.8. The van der Waals surface area contributed by atoms with E-state index in [0.717, 1.165) is 11.8 Å². The van der Waals surface area contributed by atoms with Crippen molar-refractivity contribution in [2.24, 2.45) is 22.9 Å². The summed E-state index contributed by atoms with van der Waals surface area (Å²) in [4.78, 5) is 0. The van der Waals surface area contributed by atoms with Gasteiger partial charge in [-0.3, -0.25) is 0 Å². The van der Waals surface area contributed by atoms with Crippen molar-refractivity contribution < 1.29 is 5.21 Å². The molecule has 0 aromatic heterocycles. The van der Waals surface area contributed by atoms with Gasteiger partial charge in [0.1, 0.15) is 0 Å². The Kier molecular flexibility index (Phi) is 1.01. The van der Waals surface area contributed by atoms with Crippen LogP contribution in [0.15, 0.2) is 5.16 Å². The number of oxime groups is 1. The molecule has 0 unspecified atom stereocenters. The zero-order valence-electron chi connectivity index (χ0n) is 5.33. The summed E-state index contributed by atoms with van der Waals surface area (Å²) < 4.78 is 0. The lowest BCUT2D eigenvalue weighted by Gasteiger charge is -1.84. The molecule has 0 aliphatic heterocycles. The van der Waals surface area contributed by atoms with Crippen LogP contribution < -0.4 is 0 Å². The lowest BCUT2D eigenvalue weighted by molar-refractivity contribution is 0.319. The van der Waals surface area contributed by atoms with E-state index in [1.165, 1.54) is 19.3 Å². The molecule has 0 bridgehead atoms. The van der Waals surface area contributed by atoms with Crippen LogP contribution in [-0.2, 0) is 0 Å². The van der Waals surface area contributed by atoms with Crippen LogP contribution in [0.4, 0.5) is 0 Å². The van der Waals surface area contributed by atoms with E-state index in [4.69, 9.17) is 5.21 Å². The van der Waals surface area contributed by atoms with Crippen molar-refractivity contribution in [3.63, 3.8) is 0 Å². The van der Waals surface area contributed by atoms with Gasteiger partial charge in [-0.15, -0.1) is 5.16 Å². The molecule has 2 atom stereocenters. The Labute approximate surface area is 54.6 Å². The molecule has 50 valence electrons. The second-order valence-electron chi connectivity index (χ2n) is 3.17. The van der Waals surface area contributed by atoms with Gasteiger partial charge in [0.25, 0.3) is 0 Å². The first-order chi connectivity index (χ1) is 4.42. The maximum Gasteiger partial charge on any atom is 0.0469 e. The van der Waals surface area contributed by atoms with E-state index >= 15 is 0 Å². The zero-order valence-corrected chi connectivity index (χ0v) is 5.33. The first-order valence-corrected chi connectivity index (χ1v) is 3.59. The highest BCUT2D eigenvalue weighted by atomic mass is 16.4. The Balaban J connectivity index is 1.81. The summed E-state index contributed by atoms with van der Waals surface area (Å²) in [7, 11) is 0. The predicted molar refractivity (Wildman–Crippen MR) is 34.6 cm³/mol. The molecular formula is C7H11NO. The molecule has 2 aliphatic carbocycles. The summed E-state index contributed by atoms with van der Waals surface area (Å²) in [6.45, 7) is 0. The van der Waals surface area contributed by atoms with E-state index in [1.807, 2.05) is 0 Å². The first kappa shape index (κ1) is 5.27. The van der Waals surface area contributed by atoms with Crippen LogP contribution in [0, 0.1) is 17.8 Å². The third kappa shape index (κ3) is 0.934. The fourth-order valence-corrected chi connectivity index (χ4v) is 1.56. The highest BCUT2D eigenvalue weighted by molar-refractivity contribution is 5.64. The standard InChI is InChI=1S/C7H11NO/c9-8-4-6-3-7(6)5-1-2-5/h4-7,9H,1-3H2/t6-,7-/m0/s1. The molecule has 2 heteroatoms. The average Bonchev–Trinajstić information content (AvgIpc) is 2.58. The molecule has 2 saturated carbocycles. The Morgan fingerprint density at radius 3 is 2.78 bits per heavy atom. The van der Waals surface area contributed by atoms with Crippen molar-refractivity contribution in [1.82, 2.24) is 0 Å². The van der Waals surface area contributed by atoms with Crippen molar-refractivity contribution in [3.05, 3.63) is 0 Å². The number of hydrogen-bond donors (Lipinski definition) is 1. The molecule has 0 aromatic carbocycles. The quantitative estimate of drug-likeness (QED) is 0.338. The Morgan fingerprint density at radius 1 is 1.44 bits per heavy atom. The molecule has 0 aromatic rings. The minimum Gasteiger partial charge on any atom is -0.411 e. The monoisotopic (exact) mass is 125 g/mol. The van der Waals surface area contributed by atoms with Gasteiger partial charge in [0.2, 0.25) is 0 Å². The molecule has 0 saturated heterocycles. The van der Waals surface area contributed by atoms with Crippen molar-refractivity contribution in [2.75, 3.05) is 0 Å². The lowest BCUT2D eigenvalue weighted by atomic mass is 10.2. The molecule has 2 nitrogen and oxygen atoms in total. The summed E-state index contributed by atoms with van der Waals surface area (Å²) >= 11 is 0. The molecule has 2 rings (SSSR count). The summed E-state index contributed by atoms with van der Waals surface area (Å²) in [5, 5.41) is 11.2. The van der Waals surface area contributed by atoms with Crippen molar-refractivity contribution in [1.29, 1.82) is 0 Å². The molecule has 2 fully saturated rings. The van der Waals surface area contributed by atoms with Crippen LogP contribution in [0.2, 0.25) is 0 Å². The first-order valence-electron chi connectivity index (χ1n) is 3.59. The van der Waals surface area contributed by atoms with E-state index in [2.05, 4.69) is 5.16 Å². The van der Waals surface area contributed by atoms with E-state index in [0.29, 0.717) is 5.92 Å². The number of hydrogen-bond acceptors (Lipinski definition) is 2. The Hall–Kier alpha value is -0.530. The molecule has 0 radical (unpaired) electrons. The molecule has 9 heavy (non-hydrogen) atoms. The minimum absolute atomic E-state index is 0.627. The molecule has 1 N–H and O–H groups in total. The van der Waals surface area contributed by atoms with Gasteiger partial charge in [-0.2, -0.15) is 0 Å². The van der Waals surface area contributed by atoms with E-state index in [-0.39, 0.29) is 0 Å². The second-order valence-corrected chi connectivity index (χ2v) is 3.17. The fourth-order valence-electron chi connectivity index (χ4n) is 1.56. The Morgan fingerprint density at radius 2 is 2.22 bits per heavy atom. The maximum absolute atomic E-state index is 8.17. The van der Waals surface area contributed by atoms with E-state index in [9.17, 15) is 0 Å². The molecule has 0 heterocycles. The van der Waals surface area contributed by atoms with Crippen molar-refractivity contribution in [2.45, 2.75) is 19.3 Å². The van der Waals surface area contributed by atoms with Gasteiger partial charge in [-0.25, -0.2) is 0 Å². The summed E-state index contributed by atoms with van der Waals surface area (Å²) in [5.41, 5.74) is 0. The molecular weight excluding hydrogens is 114 g/mol. The third-order valence-electron chi connectivity index (χ3n) is 2.38. The van der Waals surface area contributed by atoms with Crippen LogP contribution >= 0.6 is 0 Å². The lowest BCUT2D eigenvalue weighted by Crippen LogP contribution is -1.84. The summed E-state index contributed by atoms with van der Waals surface area (Å²) in [6.07, 6.45) is 5.79. The smallest absolute Gasteiger partial charge is 0.0469 e. The van der Waals surface area contributed by atoms with Crippen LogP contribution in [-0.4, -0.2) is 11.4 Å². The minimum atomic E-state index is 0.627. The van der Waals surface area contributed by atoms with Crippen LogP contribution in [0.5, 0.6) is 0 Å². The fraction of sp³-hybridized carbons (Fsp3) is 0.857. The van der Waals surface area contributed by atoms with Gasteiger partial charge in [-0.1, -0.05) is 0 Å². The van der Waals surface area contributed by atoms with Gasteiger partial charge in [0, 0.05) is 12.1 Å². The zero-order chi connectivity index (χ0) is 6.27. The highest BCUT2D eigenvalue weighted by Gasteiger charge is 2.46. The predicted octanol–water partition coefficient (Wildman–Crippen LogP) is 1.49. The van der Waals surface area contributed by atoms with Crippen LogP contribution in [0.3, 0.4) is 0 Å². The third-order valence-corrected chi connectivity index (χ3v) is 2.38. The maximum atomic E-state index is 8.17. The SMILES string of the molecule is ON=C[C@@H]1C[C@H]1C1CC1. The van der Waals surface area contributed by atoms with Gasteiger partial charge in [0.05, 0.1) is 0 Å². The summed E-state index contributed by atoms with van der Waals surface area (Å²) in [6, 6.07) is 0.